The number of carbonyl (C=O) groups excluding carboxylic acids is 1. The van der Waals surface area contributed by atoms with Gasteiger partial charge in [0.2, 0.25) is 0 Å². The Bertz CT molecular complexity index is 796. The van der Waals surface area contributed by atoms with Gasteiger partial charge >= 0.3 is 5.97 Å². The Morgan fingerprint density at radius 1 is 1.38 bits per heavy atom. The number of aromatic nitrogens is 2. The Labute approximate surface area is 139 Å². The third kappa shape index (κ3) is 2.74. The largest absolute Gasteiger partial charge is 0.480 e. The van der Waals surface area contributed by atoms with Crippen molar-refractivity contribution in [3.63, 3.8) is 0 Å². The highest BCUT2D eigenvalue weighted by Crippen LogP contribution is 2.28. The molecule has 0 spiro atoms. The highest BCUT2D eigenvalue weighted by Gasteiger charge is 2.34. The first kappa shape index (κ1) is 16.4. The van der Waals surface area contributed by atoms with E-state index in [1.165, 1.54) is 4.90 Å². The van der Waals surface area contributed by atoms with Gasteiger partial charge in [-0.2, -0.15) is 0 Å². The van der Waals surface area contributed by atoms with Crippen LogP contribution in [0, 0.1) is 6.92 Å². The summed E-state index contributed by atoms with van der Waals surface area (Å²) in [5, 5.41) is 13.9. The molecule has 7 nitrogen and oxygen atoms in total. The zero-order valence-electron chi connectivity index (χ0n) is 14.1. The number of carboxylic acids is 1. The second-order valence-electron chi connectivity index (χ2n) is 6.55. The minimum Gasteiger partial charge on any atom is -0.480 e. The summed E-state index contributed by atoms with van der Waals surface area (Å²) >= 11 is 0. The molecular weight excluding hydrogens is 310 g/mol. The van der Waals surface area contributed by atoms with E-state index < -0.39 is 12.0 Å². The number of piperidine rings is 1. The number of hydrogen-bond donors (Lipinski definition) is 1. The minimum absolute atomic E-state index is 0.114. The quantitative estimate of drug-likeness (QED) is 0.929. The molecule has 1 aliphatic heterocycles. The van der Waals surface area contributed by atoms with E-state index in [4.69, 9.17) is 4.52 Å². The molecule has 0 unspecified atom stereocenters. The van der Waals surface area contributed by atoms with E-state index in [0.717, 1.165) is 18.5 Å². The summed E-state index contributed by atoms with van der Waals surface area (Å²) < 4.78 is 5.24. The monoisotopic (exact) mass is 331 g/mol. The van der Waals surface area contributed by atoms with Gasteiger partial charge in [-0.3, -0.25) is 4.79 Å². The third-order valence-electron chi connectivity index (χ3n) is 4.51. The molecule has 7 heteroatoms. The number of hydrogen-bond acceptors (Lipinski definition) is 5. The van der Waals surface area contributed by atoms with E-state index in [9.17, 15) is 14.7 Å². The average Bonchev–Trinajstić information content (AvgIpc) is 2.94. The minimum atomic E-state index is -0.959. The molecule has 3 heterocycles. The third-order valence-corrected chi connectivity index (χ3v) is 4.51. The van der Waals surface area contributed by atoms with Crippen LogP contribution in [-0.2, 0) is 4.79 Å². The highest BCUT2D eigenvalue weighted by atomic mass is 16.5. The Morgan fingerprint density at radius 2 is 2.12 bits per heavy atom. The van der Waals surface area contributed by atoms with Gasteiger partial charge < -0.3 is 14.5 Å². The van der Waals surface area contributed by atoms with Gasteiger partial charge in [0.15, 0.2) is 0 Å². The van der Waals surface area contributed by atoms with Crippen molar-refractivity contribution in [2.45, 2.75) is 52.0 Å². The second-order valence-corrected chi connectivity index (χ2v) is 6.55. The predicted molar refractivity (Wildman–Crippen MR) is 86.9 cm³/mol. The van der Waals surface area contributed by atoms with E-state index in [2.05, 4.69) is 10.1 Å². The second kappa shape index (κ2) is 6.22. The molecule has 1 N–H and O–H groups in total. The van der Waals surface area contributed by atoms with E-state index in [1.54, 1.807) is 13.0 Å². The fraction of sp³-hybridized carbons (Fsp3) is 0.529. The lowest BCUT2D eigenvalue weighted by atomic mass is 9.98. The zero-order valence-corrected chi connectivity index (χ0v) is 14.1. The van der Waals surface area contributed by atoms with E-state index >= 15 is 0 Å². The number of nitrogens with zero attached hydrogens (tertiary/aromatic N) is 3. The van der Waals surface area contributed by atoms with Crippen molar-refractivity contribution >= 4 is 23.0 Å². The maximum Gasteiger partial charge on any atom is 0.326 e. The fourth-order valence-corrected chi connectivity index (χ4v) is 3.16. The number of pyridine rings is 1. The number of carboxylic acid groups (broad SMARTS) is 1. The van der Waals surface area contributed by atoms with Crippen molar-refractivity contribution in [2.24, 2.45) is 0 Å². The summed E-state index contributed by atoms with van der Waals surface area (Å²) in [6.45, 7) is 6.16. The van der Waals surface area contributed by atoms with Gasteiger partial charge in [-0.05, 0) is 38.2 Å². The Kier molecular flexibility index (Phi) is 4.26. The van der Waals surface area contributed by atoms with E-state index in [1.807, 2.05) is 13.8 Å². The topological polar surface area (TPSA) is 96.5 Å². The van der Waals surface area contributed by atoms with Crippen LogP contribution in [-0.4, -0.2) is 44.6 Å². The highest BCUT2D eigenvalue weighted by molar-refractivity contribution is 6.07. The number of carbonyl (C=O) groups is 2. The van der Waals surface area contributed by atoms with Crippen molar-refractivity contribution in [3.05, 3.63) is 23.0 Å². The van der Waals surface area contributed by atoms with Gasteiger partial charge in [0.1, 0.15) is 6.04 Å². The molecule has 0 bridgehead atoms. The number of likely N-dealkylation sites (tertiary alicyclic amines) is 1. The maximum absolute atomic E-state index is 13.1. The molecule has 3 rings (SSSR count). The van der Waals surface area contributed by atoms with Crippen LogP contribution in [0.2, 0.25) is 0 Å². The van der Waals surface area contributed by atoms with E-state index in [0.29, 0.717) is 35.3 Å². The summed E-state index contributed by atoms with van der Waals surface area (Å²) in [5.74, 6) is -1.13. The number of aliphatic carboxylic acids is 1. The van der Waals surface area contributed by atoms with Crippen LogP contribution < -0.4 is 0 Å². The summed E-state index contributed by atoms with van der Waals surface area (Å²) in [6, 6.07) is 0.963. The molecule has 1 fully saturated rings. The van der Waals surface area contributed by atoms with Crippen molar-refractivity contribution < 1.29 is 19.2 Å². The summed E-state index contributed by atoms with van der Waals surface area (Å²) in [4.78, 5) is 30.5. The molecule has 1 atom stereocenters. The molecule has 0 saturated carbocycles. The lowest BCUT2D eigenvalue weighted by molar-refractivity contribution is -0.143. The SMILES string of the molecule is Cc1noc2nc(C(C)C)cc(C(=O)N3CCCC[C@@H]3C(=O)O)c12. The summed E-state index contributed by atoms with van der Waals surface area (Å²) in [7, 11) is 0. The van der Waals surface area contributed by atoms with Gasteiger partial charge in [0.05, 0.1) is 16.6 Å². The lowest BCUT2D eigenvalue weighted by Gasteiger charge is -2.33. The molecule has 2 aromatic rings. The van der Waals surface area contributed by atoms with Gasteiger partial charge in [0.25, 0.3) is 11.6 Å². The molecule has 0 aliphatic carbocycles. The normalized spacial score (nSPS) is 18.3. The fourth-order valence-electron chi connectivity index (χ4n) is 3.16. The van der Waals surface area contributed by atoms with Crippen LogP contribution in [0.15, 0.2) is 10.6 Å². The average molecular weight is 331 g/mol. The van der Waals surface area contributed by atoms with E-state index in [-0.39, 0.29) is 11.8 Å². The van der Waals surface area contributed by atoms with Gasteiger partial charge in [-0.25, -0.2) is 9.78 Å². The molecule has 1 aliphatic rings. The smallest absolute Gasteiger partial charge is 0.326 e. The Morgan fingerprint density at radius 3 is 2.79 bits per heavy atom. The molecule has 0 aromatic carbocycles. The van der Waals surface area contributed by atoms with Crippen molar-refractivity contribution in [3.8, 4) is 0 Å². The molecule has 128 valence electrons. The molecule has 1 saturated heterocycles. The Balaban J connectivity index is 2.11. The van der Waals surface area contributed by atoms with Crippen LogP contribution in [0.3, 0.4) is 0 Å². The maximum atomic E-state index is 13.1. The standard InChI is InChI=1S/C17H21N3O4/c1-9(2)12-8-11(14-10(3)19-24-15(14)18-12)16(21)20-7-5-4-6-13(20)17(22)23/h8-9,13H,4-7H2,1-3H3,(H,22,23)/t13-/m1/s1. The molecule has 2 aromatic heterocycles. The first-order valence-electron chi connectivity index (χ1n) is 8.21. The Hall–Kier alpha value is -2.44. The number of rotatable bonds is 3. The summed E-state index contributed by atoms with van der Waals surface area (Å²) in [5.41, 5.74) is 2.06. The molecule has 1 amide bonds. The van der Waals surface area contributed by atoms with Gasteiger partial charge in [-0.15, -0.1) is 0 Å². The number of fused-ring (bicyclic) bond motifs is 1. The van der Waals surface area contributed by atoms with Crippen LogP contribution in [0.1, 0.15) is 60.8 Å². The molecule has 0 radical (unpaired) electrons. The van der Waals surface area contributed by atoms with Crippen LogP contribution in [0.5, 0.6) is 0 Å². The van der Waals surface area contributed by atoms with Crippen LogP contribution >= 0.6 is 0 Å². The lowest BCUT2D eigenvalue weighted by Crippen LogP contribution is -2.48. The van der Waals surface area contributed by atoms with Crippen LogP contribution in [0.4, 0.5) is 0 Å². The van der Waals surface area contributed by atoms with Crippen molar-refractivity contribution in [1.29, 1.82) is 0 Å². The van der Waals surface area contributed by atoms with Crippen molar-refractivity contribution in [1.82, 2.24) is 15.0 Å². The van der Waals surface area contributed by atoms with Gasteiger partial charge in [0, 0.05) is 12.2 Å². The first-order chi connectivity index (χ1) is 11.4. The number of amides is 1. The number of aryl methyl sites for hydroxylation is 1. The summed E-state index contributed by atoms with van der Waals surface area (Å²) in [6.07, 6.45) is 2.11. The predicted octanol–water partition coefficient (Wildman–Crippen LogP) is 2.73. The first-order valence-corrected chi connectivity index (χ1v) is 8.21. The van der Waals surface area contributed by atoms with Crippen LogP contribution in [0.25, 0.3) is 11.1 Å². The van der Waals surface area contributed by atoms with Gasteiger partial charge in [-0.1, -0.05) is 19.0 Å². The molecular formula is C17H21N3O4. The zero-order chi connectivity index (χ0) is 17.4. The molecule has 24 heavy (non-hydrogen) atoms. The van der Waals surface area contributed by atoms with Crippen molar-refractivity contribution in [2.75, 3.05) is 6.54 Å².